The molecule has 114 valence electrons. The van der Waals surface area contributed by atoms with Gasteiger partial charge in [-0.05, 0) is 32.3 Å². The number of benzene rings is 1. The summed E-state index contributed by atoms with van der Waals surface area (Å²) in [5.74, 6) is -0.120. The van der Waals surface area contributed by atoms with E-state index in [2.05, 4.69) is 16.7 Å². The standard InChI is InChI=1S/C17H25N3O/c1-13(2)17(5,12-18)20-15(21)11-19-16(3,4)14-9-7-6-8-10-14/h6-10,13,19H,11H2,1-5H3,(H,20,21). The van der Waals surface area contributed by atoms with Crippen molar-refractivity contribution in [3.8, 4) is 6.07 Å². The van der Waals surface area contributed by atoms with Crippen LogP contribution in [-0.4, -0.2) is 18.0 Å². The molecule has 0 spiro atoms. The molecule has 0 saturated heterocycles. The van der Waals surface area contributed by atoms with Gasteiger partial charge in [0.2, 0.25) is 5.91 Å². The van der Waals surface area contributed by atoms with Crippen molar-refractivity contribution in [1.29, 1.82) is 5.26 Å². The van der Waals surface area contributed by atoms with Gasteiger partial charge in [-0.1, -0.05) is 44.2 Å². The van der Waals surface area contributed by atoms with E-state index in [4.69, 9.17) is 0 Å². The second kappa shape index (κ2) is 6.73. The van der Waals surface area contributed by atoms with Gasteiger partial charge in [0, 0.05) is 5.54 Å². The summed E-state index contributed by atoms with van der Waals surface area (Å²) in [7, 11) is 0. The molecule has 0 aliphatic rings. The summed E-state index contributed by atoms with van der Waals surface area (Å²) in [6, 6.07) is 12.1. The average Bonchev–Trinajstić information content (AvgIpc) is 2.46. The summed E-state index contributed by atoms with van der Waals surface area (Å²) in [4.78, 5) is 12.1. The summed E-state index contributed by atoms with van der Waals surface area (Å²) in [6.07, 6.45) is 0. The minimum Gasteiger partial charge on any atom is -0.337 e. The van der Waals surface area contributed by atoms with Crippen molar-refractivity contribution in [3.05, 3.63) is 35.9 Å². The van der Waals surface area contributed by atoms with E-state index in [1.165, 1.54) is 0 Å². The number of carbonyl (C=O) groups is 1. The third kappa shape index (κ3) is 4.57. The van der Waals surface area contributed by atoms with E-state index in [0.29, 0.717) is 0 Å². The first-order chi connectivity index (χ1) is 9.71. The summed E-state index contributed by atoms with van der Waals surface area (Å²) in [5.41, 5.74) is -0.0283. The molecule has 1 rings (SSSR count). The molecular weight excluding hydrogens is 262 g/mol. The topological polar surface area (TPSA) is 64.9 Å². The van der Waals surface area contributed by atoms with Gasteiger partial charge in [-0.3, -0.25) is 10.1 Å². The van der Waals surface area contributed by atoms with Gasteiger partial charge in [-0.25, -0.2) is 0 Å². The number of carbonyl (C=O) groups excluding carboxylic acids is 1. The first kappa shape index (κ1) is 17.2. The zero-order valence-electron chi connectivity index (χ0n) is 13.5. The van der Waals surface area contributed by atoms with E-state index in [1.54, 1.807) is 6.92 Å². The fraction of sp³-hybridized carbons (Fsp3) is 0.529. The van der Waals surface area contributed by atoms with Crippen LogP contribution in [0.1, 0.15) is 40.2 Å². The fourth-order valence-corrected chi connectivity index (χ4v) is 1.89. The van der Waals surface area contributed by atoms with Crippen LogP contribution in [0.2, 0.25) is 0 Å². The Morgan fingerprint density at radius 3 is 2.29 bits per heavy atom. The molecule has 21 heavy (non-hydrogen) atoms. The lowest BCUT2D eigenvalue weighted by Gasteiger charge is -2.30. The van der Waals surface area contributed by atoms with E-state index < -0.39 is 5.54 Å². The van der Waals surface area contributed by atoms with Crippen LogP contribution in [0.5, 0.6) is 0 Å². The maximum Gasteiger partial charge on any atom is 0.235 e. The Morgan fingerprint density at radius 2 is 1.81 bits per heavy atom. The molecule has 1 aromatic rings. The van der Waals surface area contributed by atoms with Crippen LogP contribution in [0.4, 0.5) is 0 Å². The van der Waals surface area contributed by atoms with Gasteiger partial charge in [0.05, 0.1) is 12.6 Å². The third-order valence-corrected chi connectivity index (χ3v) is 3.97. The Morgan fingerprint density at radius 1 is 1.24 bits per heavy atom. The van der Waals surface area contributed by atoms with Crippen LogP contribution in [0.25, 0.3) is 0 Å². The zero-order chi connectivity index (χ0) is 16.1. The average molecular weight is 287 g/mol. The van der Waals surface area contributed by atoms with Gasteiger partial charge >= 0.3 is 0 Å². The second-order valence-corrected chi connectivity index (χ2v) is 6.36. The molecule has 0 fully saturated rings. The summed E-state index contributed by atoms with van der Waals surface area (Å²) in [6.45, 7) is 9.82. The maximum absolute atomic E-state index is 12.1. The van der Waals surface area contributed by atoms with Gasteiger partial charge in [0.15, 0.2) is 0 Å². The SMILES string of the molecule is CC(C)C(C)(C#N)NC(=O)CNC(C)(C)c1ccccc1. The van der Waals surface area contributed by atoms with Crippen LogP contribution in [0.3, 0.4) is 0 Å². The fourth-order valence-electron chi connectivity index (χ4n) is 1.89. The Labute approximate surface area is 127 Å². The van der Waals surface area contributed by atoms with Crippen molar-refractivity contribution in [2.45, 2.75) is 45.7 Å². The predicted octanol–water partition coefficient (Wildman–Crippen LogP) is 2.57. The quantitative estimate of drug-likeness (QED) is 0.845. The number of amides is 1. The van der Waals surface area contributed by atoms with Crippen molar-refractivity contribution < 1.29 is 4.79 Å². The van der Waals surface area contributed by atoms with E-state index in [9.17, 15) is 10.1 Å². The van der Waals surface area contributed by atoms with Crippen LogP contribution in [0.15, 0.2) is 30.3 Å². The monoisotopic (exact) mass is 287 g/mol. The molecular formula is C17H25N3O. The molecule has 4 nitrogen and oxygen atoms in total. The summed E-state index contributed by atoms with van der Waals surface area (Å²) in [5, 5.41) is 15.3. The van der Waals surface area contributed by atoms with Gasteiger partial charge in [0.1, 0.15) is 5.54 Å². The Hall–Kier alpha value is -1.86. The molecule has 0 heterocycles. The number of nitrogens with one attached hydrogen (secondary N) is 2. The number of rotatable bonds is 6. The van der Waals surface area contributed by atoms with Crippen molar-refractivity contribution in [2.24, 2.45) is 5.92 Å². The first-order valence-corrected chi connectivity index (χ1v) is 7.24. The number of hydrogen-bond donors (Lipinski definition) is 2. The molecule has 1 unspecified atom stereocenters. The van der Waals surface area contributed by atoms with Gasteiger partial charge < -0.3 is 5.32 Å². The van der Waals surface area contributed by atoms with Crippen molar-refractivity contribution in [3.63, 3.8) is 0 Å². The lowest BCUT2D eigenvalue weighted by molar-refractivity contribution is -0.122. The molecule has 1 aromatic carbocycles. The highest BCUT2D eigenvalue weighted by Crippen LogP contribution is 2.19. The number of nitrogens with zero attached hydrogens (tertiary/aromatic N) is 1. The second-order valence-electron chi connectivity index (χ2n) is 6.36. The molecule has 0 aromatic heterocycles. The maximum atomic E-state index is 12.1. The third-order valence-electron chi connectivity index (χ3n) is 3.97. The van der Waals surface area contributed by atoms with Crippen LogP contribution in [0, 0.1) is 17.2 Å². The molecule has 0 saturated carbocycles. The highest BCUT2D eigenvalue weighted by molar-refractivity contribution is 5.79. The highest BCUT2D eigenvalue weighted by Gasteiger charge is 2.30. The van der Waals surface area contributed by atoms with Gasteiger partial charge in [-0.15, -0.1) is 0 Å². The summed E-state index contributed by atoms with van der Waals surface area (Å²) < 4.78 is 0. The van der Waals surface area contributed by atoms with E-state index in [1.807, 2.05) is 58.0 Å². The minimum absolute atomic E-state index is 0.0496. The number of nitriles is 1. The molecule has 0 bridgehead atoms. The highest BCUT2D eigenvalue weighted by atomic mass is 16.2. The van der Waals surface area contributed by atoms with Crippen molar-refractivity contribution in [1.82, 2.24) is 10.6 Å². The normalized spacial score (nSPS) is 14.3. The molecule has 1 amide bonds. The molecule has 0 aliphatic heterocycles. The Kier molecular flexibility index (Phi) is 5.51. The zero-order valence-corrected chi connectivity index (χ0v) is 13.5. The number of hydrogen-bond acceptors (Lipinski definition) is 3. The molecule has 1 atom stereocenters. The lowest BCUT2D eigenvalue weighted by atomic mass is 9.90. The minimum atomic E-state index is -0.838. The molecule has 0 aliphatic carbocycles. The molecule has 2 N–H and O–H groups in total. The predicted molar refractivity (Wildman–Crippen MR) is 84.5 cm³/mol. The largest absolute Gasteiger partial charge is 0.337 e. The van der Waals surface area contributed by atoms with Crippen LogP contribution >= 0.6 is 0 Å². The van der Waals surface area contributed by atoms with Crippen molar-refractivity contribution >= 4 is 5.91 Å². The van der Waals surface area contributed by atoms with E-state index in [-0.39, 0.29) is 23.9 Å². The van der Waals surface area contributed by atoms with Gasteiger partial charge in [-0.2, -0.15) is 5.26 Å². The summed E-state index contributed by atoms with van der Waals surface area (Å²) >= 11 is 0. The smallest absolute Gasteiger partial charge is 0.235 e. The van der Waals surface area contributed by atoms with Gasteiger partial charge in [0.25, 0.3) is 0 Å². The van der Waals surface area contributed by atoms with Crippen molar-refractivity contribution in [2.75, 3.05) is 6.54 Å². The Bertz CT molecular complexity index is 517. The van der Waals surface area contributed by atoms with Crippen LogP contribution < -0.4 is 10.6 Å². The first-order valence-electron chi connectivity index (χ1n) is 7.24. The molecule has 4 heteroatoms. The molecule has 0 radical (unpaired) electrons. The lowest BCUT2D eigenvalue weighted by Crippen LogP contribution is -2.53. The van der Waals surface area contributed by atoms with Crippen LogP contribution in [-0.2, 0) is 10.3 Å². The van der Waals surface area contributed by atoms with E-state index in [0.717, 1.165) is 5.56 Å². The Balaban J connectivity index is 2.63. The van der Waals surface area contributed by atoms with E-state index >= 15 is 0 Å².